The first-order valence-electron chi connectivity index (χ1n) is 6.04. The summed E-state index contributed by atoms with van der Waals surface area (Å²) in [6.45, 7) is 2.12. The molecule has 1 unspecified atom stereocenters. The van der Waals surface area contributed by atoms with Crippen LogP contribution in [0.25, 0.3) is 10.9 Å². The molecule has 92 valence electrons. The van der Waals surface area contributed by atoms with Crippen molar-refractivity contribution in [2.75, 3.05) is 7.11 Å². The Morgan fingerprint density at radius 3 is 2.82 bits per heavy atom. The van der Waals surface area contributed by atoms with Crippen molar-refractivity contribution in [1.29, 1.82) is 0 Å². The minimum absolute atomic E-state index is 0.226. The molecule has 0 saturated carbocycles. The summed E-state index contributed by atoms with van der Waals surface area (Å²) in [6, 6.07) is 8.55. The second kappa shape index (κ2) is 4.80. The van der Waals surface area contributed by atoms with Gasteiger partial charge in [-0.05, 0) is 18.6 Å². The lowest BCUT2D eigenvalue weighted by Gasteiger charge is -2.10. The van der Waals surface area contributed by atoms with Gasteiger partial charge in [-0.3, -0.25) is 0 Å². The predicted molar refractivity (Wildman–Crippen MR) is 71.4 cm³/mol. The van der Waals surface area contributed by atoms with Crippen LogP contribution in [0.5, 0.6) is 5.75 Å². The molecular formula is C14H20N2O. The minimum atomic E-state index is 0.226. The van der Waals surface area contributed by atoms with Crippen LogP contribution in [0.4, 0.5) is 0 Å². The van der Waals surface area contributed by atoms with Crippen LogP contribution in [-0.2, 0) is 13.5 Å². The third-order valence-corrected chi connectivity index (χ3v) is 3.33. The topological polar surface area (TPSA) is 40.2 Å². The Morgan fingerprint density at radius 2 is 2.18 bits per heavy atom. The third-order valence-electron chi connectivity index (χ3n) is 3.33. The van der Waals surface area contributed by atoms with E-state index in [-0.39, 0.29) is 6.04 Å². The summed E-state index contributed by atoms with van der Waals surface area (Å²) in [5.74, 6) is 0.918. The van der Waals surface area contributed by atoms with Crippen LogP contribution in [0.1, 0.15) is 19.0 Å². The molecule has 2 aromatic rings. The normalized spacial score (nSPS) is 12.9. The summed E-state index contributed by atoms with van der Waals surface area (Å²) < 4.78 is 7.59. The van der Waals surface area contributed by atoms with Gasteiger partial charge in [0, 0.05) is 30.6 Å². The van der Waals surface area contributed by atoms with Gasteiger partial charge in [-0.25, -0.2) is 0 Å². The number of aromatic nitrogens is 1. The van der Waals surface area contributed by atoms with E-state index in [1.54, 1.807) is 7.11 Å². The quantitative estimate of drug-likeness (QED) is 0.879. The molecule has 0 aliphatic heterocycles. The second-order valence-electron chi connectivity index (χ2n) is 4.47. The monoisotopic (exact) mass is 232 g/mol. The van der Waals surface area contributed by atoms with E-state index >= 15 is 0 Å². The number of hydrogen-bond acceptors (Lipinski definition) is 2. The molecule has 3 nitrogen and oxygen atoms in total. The van der Waals surface area contributed by atoms with Crippen molar-refractivity contribution in [1.82, 2.24) is 4.57 Å². The molecule has 0 bridgehead atoms. The fraction of sp³-hybridized carbons (Fsp3) is 0.429. The van der Waals surface area contributed by atoms with Gasteiger partial charge in [-0.1, -0.05) is 19.1 Å². The number of rotatable bonds is 4. The van der Waals surface area contributed by atoms with Crippen molar-refractivity contribution in [3.8, 4) is 5.75 Å². The average molecular weight is 232 g/mol. The van der Waals surface area contributed by atoms with Crippen LogP contribution >= 0.6 is 0 Å². The molecular weight excluding hydrogens is 212 g/mol. The van der Waals surface area contributed by atoms with E-state index in [1.165, 1.54) is 11.1 Å². The molecule has 0 spiro atoms. The van der Waals surface area contributed by atoms with Crippen LogP contribution in [0.15, 0.2) is 24.3 Å². The van der Waals surface area contributed by atoms with Crippen molar-refractivity contribution >= 4 is 10.9 Å². The van der Waals surface area contributed by atoms with Crippen molar-refractivity contribution in [2.24, 2.45) is 12.8 Å². The van der Waals surface area contributed by atoms with Crippen molar-refractivity contribution in [3.63, 3.8) is 0 Å². The van der Waals surface area contributed by atoms with Crippen LogP contribution in [-0.4, -0.2) is 17.7 Å². The summed E-state index contributed by atoms with van der Waals surface area (Å²) in [5, 5.41) is 1.21. The number of nitrogens with two attached hydrogens (primary N) is 1. The average Bonchev–Trinajstić information content (AvgIpc) is 2.66. The lowest BCUT2D eigenvalue weighted by Crippen LogP contribution is -2.22. The maximum Gasteiger partial charge on any atom is 0.143 e. The third kappa shape index (κ3) is 2.15. The Balaban J connectivity index is 2.49. The molecule has 0 fully saturated rings. The number of methoxy groups -OCH3 is 1. The Bertz CT molecular complexity index is 516. The maximum atomic E-state index is 6.02. The highest BCUT2D eigenvalue weighted by molar-refractivity contribution is 5.87. The molecule has 2 N–H and O–H groups in total. The smallest absolute Gasteiger partial charge is 0.143 e. The number of nitrogens with zero attached hydrogens (tertiary/aromatic N) is 1. The summed E-state index contributed by atoms with van der Waals surface area (Å²) in [6.07, 6.45) is 1.91. The van der Waals surface area contributed by atoms with E-state index < -0.39 is 0 Å². The predicted octanol–water partition coefficient (Wildman–Crippen LogP) is 2.47. The zero-order valence-corrected chi connectivity index (χ0v) is 10.7. The summed E-state index contributed by atoms with van der Waals surface area (Å²) in [7, 11) is 3.78. The molecule has 0 radical (unpaired) electrons. The number of ether oxygens (including phenoxy) is 1. The first kappa shape index (κ1) is 12.0. The van der Waals surface area contributed by atoms with E-state index in [0.29, 0.717) is 0 Å². The number of hydrogen-bond donors (Lipinski definition) is 1. The van der Waals surface area contributed by atoms with Crippen molar-refractivity contribution in [3.05, 3.63) is 30.0 Å². The lowest BCUT2D eigenvalue weighted by molar-refractivity contribution is 0.417. The second-order valence-corrected chi connectivity index (χ2v) is 4.47. The Morgan fingerprint density at radius 1 is 1.41 bits per heavy atom. The number of fused-ring (bicyclic) bond motifs is 1. The first-order valence-corrected chi connectivity index (χ1v) is 6.04. The first-order chi connectivity index (χ1) is 8.17. The number of benzene rings is 1. The number of aryl methyl sites for hydroxylation is 1. The Hall–Kier alpha value is -1.48. The van der Waals surface area contributed by atoms with Gasteiger partial charge in [0.1, 0.15) is 5.75 Å². The molecule has 0 aliphatic carbocycles. The Kier molecular flexibility index (Phi) is 3.38. The standard InChI is InChI=1S/C14H20N2O/c1-4-11(15)9-12-8-10-6-5-7-13(17-3)14(10)16(12)2/h5-8,11H,4,9,15H2,1-3H3. The molecule has 3 heteroatoms. The highest BCUT2D eigenvalue weighted by atomic mass is 16.5. The van der Waals surface area contributed by atoms with Crippen LogP contribution < -0.4 is 10.5 Å². The summed E-state index contributed by atoms with van der Waals surface area (Å²) in [4.78, 5) is 0. The zero-order chi connectivity index (χ0) is 12.4. The number of para-hydroxylation sites is 1. The van der Waals surface area contributed by atoms with Gasteiger partial charge in [0.05, 0.1) is 12.6 Å². The van der Waals surface area contributed by atoms with Crippen molar-refractivity contribution < 1.29 is 4.74 Å². The zero-order valence-electron chi connectivity index (χ0n) is 10.7. The minimum Gasteiger partial charge on any atom is -0.495 e. The lowest BCUT2D eigenvalue weighted by atomic mass is 10.1. The van der Waals surface area contributed by atoms with Gasteiger partial charge in [0.25, 0.3) is 0 Å². The van der Waals surface area contributed by atoms with Gasteiger partial charge in [0.15, 0.2) is 0 Å². The molecule has 1 aromatic heterocycles. The van der Waals surface area contributed by atoms with E-state index in [1.807, 2.05) is 12.1 Å². The molecule has 1 heterocycles. The van der Waals surface area contributed by atoms with Gasteiger partial charge in [-0.15, -0.1) is 0 Å². The highest BCUT2D eigenvalue weighted by Gasteiger charge is 2.11. The SMILES string of the molecule is CCC(N)Cc1cc2cccc(OC)c2n1C. The largest absolute Gasteiger partial charge is 0.495 e. The van der Waals surface area contributed by atoms with E-state index in [2.05, 4.69) is 30.7 Å². The molecule has 17 heavy (non-hydrogen) atoms. The van der Waals surface area contributed by atoms with Gasteiger partial charge in [-0.2, -0.15) is 0 Å². The van der Waals surface area contributed by atoms with E-state index in [9.17, 15) is 0 Å². The highest BCUT2D eigenvalue weighted by Crippen LogP contribution is 2.28. The van der Waals surface area contributed by atoms with Gasteiger partial charge >= 0.3 is 0 Å². The fourth-order valence-corrected chi connectivity index (χ4v) is 2.21. The molecule has 0 aliphatic rings. The molecule has 1 atom stereocenters. The molecule has 0 saturated heterocycles. The van der Waals surface area contributed by atoms with Crippen LogP contribution in [0.3, 0.4) is 0 Å². The molecule has 1 aromatic carbocycles. The fourth-order valence-electron chi connectivity index (χ4n) is 2.21. The van der Waals surface area contributed by atoms with Crippen LogP contribution in [0.2, 0.25) is 0 Å². The summed E-state index contributed by atoms with van der Waals surface area (Å²) >= 11 is 0. The van der Waals surface area contributed by atoms with Gasteiger partial charge < -0.3 is 15.0 Å². The maximum absolute atomic E-state index is 6.02. The van der Waals surface area contributed by atoms with E-state index in [4.69, 9.17) is 10.5 Å². The van der Waals surface area contributed by atoms with Crippen molar-refractivity contribution in [2.45, 2.75) is 25.8 Å². The van der Waals surface area contributed by atoms with E-state index in [0.717, 1.165) is 24.1 Å². The van der Waals surface area contributed by atoms with Crippen LogP contribution in [0, 0.1) is 0 Å². The molecule has 2 rings (SSSR count). The Labute approximate surface area is 102 Å². The summed E-state index contributed by atoms with van der Waals surface area (Å²) in [5.41, 5.74) is 8.43. The molecule has 0 amide bonds. The van der Waals surface area contributed by atoms with Gasteiger partial charge in [0.2, 0.25) is 0 Å².